The van der Waals surface area contributed by atoms with E-state index in [1.54, 1.807) is 43.0 Å². The number of ether oxygens (including phenoxy) is 2. The number of methoxy groups -OCH3 is 2. The molecule has 4 rings (SSSR count). The molecule has 154 valence electrons. The zero-order valence-electron chi connectivity index (χ0n) is 16.8. The highest BCUT2D eigenvalue weighted by Gasteiger charge is 2.29. The number of hydrogen-bond donors (Lipinski definition) is 0. The van der Waals surface area contributed by atoms with Gasteiger partial charge in [0, 0.05) is 16.6 Å². The third-order valence-corrected chi connectivity index (χ3v) is 6.44. The van der Waals surface area contributed by atoms with E-state index in [-0.39, 0.29) is 17.0 Å². The lowest BCUT2D eigenvalue weighted by molar-refractivity contribution is -0.118. The molecule has 1 amide bonds. The van der Waals surface area contributed by atoms with E-state index >= 15 is 0 Å². The molecule has 30 heavy (non-hydrogen) atoms. The van der Waals surface area contributed by atoms with Gasteiger partial charge < -0.3 is 14.4 Å². The lowest BCUT2D eigenvalue weighted by Gasteiger charge is -2.23. The first-order chi connectivity index (χ1) is 14.6. The highest BCUT2D eigenvalue weighted by molar-refractivity contribution is 7.99. The molecule has 0 saturated carbocycles. The Bertz CT molecular complexity index is 1050. The minimum absolute atomic E-state index is 0.0246. The lowest BCUT2D eigenvalue weighted by atomic mass is 10.1. The molecule has 4 nitrogen and oxygen atoms in total. The molecular weight excluding hydrogens is 401 g/mol. The smallest absolute Gasteiger partial charge is 0.228 e. The SMILES string of the molecule is COc1ccc([C@@H]2CC(=O)N(Cc3ccc(F)cc3)c3ccccc3S2)cc1OC. The minimum Gasteiger partial charge on any atom is -0.493 e. The number of benzene rings is 3. The van der Waals surface area contributed by atoms with E-state index in [2.05, 4.69) is 0 Å². The van der Waals surface area contributed by atoms with Crippen LogP contribution < -0.4 is 14.4 Å². The molecule has 0 bridgehead atoms. The molecule has 0 spiro atoms. The Morgan fingerprint density at radius 2 is 1.73 bits per heavy atom. The summed E-state index contributed by atoms with van der Waals surface area (Å²) in [5, 5.41) is -0.0586. The van der Waals surface area contributed by atoms with Crippen molar-refractivity contribution < 1.29 is 18.7 Å². The van der Waals surface area contributed by atoms with Crippen LogP contribution in [0.25, 0.3) is 0 Å². The minimum atomic E-state index is -0.287. The largest absolute Gasteiger partial charge is 0.493 e. The van der Waals surface area contributed by atoms with Crippen molar-refractivity contribution in [3.63, 3.8) is 0 Å². The van der Waals surface area contributed by atoms with Gasteiger partial charge >= 0.3 is 0 Å². The Balaban J connectivity index is 1.68. The zero-order valence-corrected chi connectivity index (χ0v) is 17.6. The third-order valence-electron chi connectivity index (χ3n) is 5.12. The highest BCUT2D eigenvalue weighted by atomic mass is 32.2. The molecule has 1 heterocycles. The van der Waals surface area contributed by atoms with Crippen molar-refractivity contribution in [3.8, 4) is 11.5 Å². The molecule has 1 aliphatic rings. The number of nitrogens with zero attached hydrogens (tertiary/aromatic N) is 1. The van der Waals surface area contributed by atoms with Crippen LogP contribution in [0.15, 0.2) is 71.6 Å². The summed E-state index contributed by atoms with van der Waals surface area (Å²) in [6, 6.07) is 20.0. The van der Waals surface area contributed by atoms with E-state index in [1.165, 1.54) is 12.1 Å². The number of carbonyl (C=O) groups is 1. The molecule has 0 unspecified atom stereocenters. The van der Waals surface area contributed by atoms with Gasteiger partial charge in [-0.3, -0.25) is 4.79 Å². The molecule has 3 aromatic carbocycles. The molecule has 6 heteroatoms. The number of halogens is 1. The van der Waals surface area contributed by atoms with Crippen LogP contribution in [0.2, 0.25) is 0 Å². The van der Waals surface area contributed by atoms with Crippen LogP contribution in [0.3, 0.4) is 0 Å². The zero-order chi connectivity index (χ0) is 21.1. The van der Waals surface area contributed by atoms with Crippen molar-refractivity contribution in [3.05, 3.63) is 83.7 Å². The van der Waals surface area contributed by atoms with Crippen molar-refractivity contribution >= 4 is 23.4 Å². The van der Waals surface area contributed by atoms with Gasteiger partial charge in [0.25, 0.3) is 0 Å². The number of thioether (sulfide) groups is 1. The average Bonchev–Trinajstić information content (AvgIpc) is 2.91. The molecule has 0 radical (unpaired) electrons. The molecule has 0 aliphatic carbocycles. The molecule has 1 aliphatic heterocycles. The van der Waals surface area contributed by atoms with E-state index in [9.17, 15) is 9.18 Å². The van der Waals surface area contributed by atoms with Gasteiger partial charge in [-0.2, -0.15) is 0 Å². The number of carbonyl (C=O) groups excluding carboxylic acids is 1. The molecule has 0 aromatic heterocycles. The number of hydrogen-bond acceptors (Lipinski definition) is 4. The maximum Gasteiger partial charge on any atom is 0.228 e. The maximum absolute atomic E-state index is 13.3. The van der Waals surface area contributed by atoms with Gasteiger partial charge in [0.2, 0.25) is 5.91 Å². The highest BCUT2D eigenvalue weighted by Crippen LogP contribution is 2.47. The Kier molecular flexibility index (Phi) is 5.95. The van der Waals surface area contributed by atoms with Crippen LogP contribution in [0.5, 0.6) is 11.5 Å². The number of anilines is 1. The standard InChI is InChI=1S/C24H22FNO3S/c1-28-20-12-9-17(13-21(20)29-2)23-14-24(27)26(15-16-7-10-18(25)11-8-16)19-5-3-4-6-22(19)30-23/h3-13,23H,14-15H2,1-2H3/t23-/m0/s1. The second-order valence-corrected chi connectivity index (χ2v) is 8.24. The second-order valence-electron chi connectivity index (χ2n) is 7.00. The van der Waals surface area contributed by atoms with Crippen LogP contribution in [0.1, 0.15) is 22.8 Å². The summed E-state index contributed by atoms with van der Waals surface area (Å²) in [5.41, 5.74) is 2.76. The number of amides is 1. The summed E-state index contributed by atoms with van der Waals surface area (Å²) in [5.74, 6) is 1.04. The number of rotatable bonds is 5. The van der Waals surface area contributed by atoms with Crippen LogP contribution in [-0.2, 0) is 11.3 Å². The van der Waals surface area contributed by atoms with Gasteiger partial charge in [0.15, 0.2) is 11.5 Å². The molecule has 0 fully saturated rings. The van der Waals surface area contributed by atoms with Gasteiger partial charge in [-0.05, 0) is 47.5 Å². The summed E-state index contributed by atoms with van der Waals surface area (Å²) < 4.78 is 24.1. The van der Waals surface area contributed by atoms with E-state index < -0.39 is 0 Å². The Morgan fingerprint density at radius 3 is 2.47 bits per heavy atom. The summed E-state index contributed by atoms with van der Waals surface area (Å²) in [6.45, 7) is 0.398. The average molecular weight is 424 g/mol. The molecule has 3 aromatic rings. The van der Waals surface area contributed by atoms with Gasteiger partial charge in [-0.25, -0.2) is 4.39 Å². The van der Waals surface area contributed by atoms with E-state index in [0.717, 1.165) is 21.7 Å². The fourth-order valence-electron chi connectivity index (χ4n) is 3.56. The first-order valence-electron chi connectivity index (χ1n) is 9.61. The molecule has 0 N–H and O–H groups in total. The predicted octanol–water partition coefficient (Wildman–Crippen LogP) is 5.61. The van der Waals surface area contributed by atoms with Gasteiger partial charge in [-0.1, -0.05) is 30.3 Å². The van der Waals surface area contributed by atoms with Gasteiger partial charge in [-0.15, -0.1) is 11.8 Å². The third kappa shape index (κ3) is 4.14. The van der Waals surface area contributed by atoms with Crippen LogP contribution in [0.4, 0.5) is 10.1 Å². The molecule has 1 atom stereocenters. The monoisotopic (exact) mass is 423 g/mol. The molecular formula is C24H22FNO3S. The van der Waals surface area contributed by atoms with Crippen molar-refractivity contribution in [1.82, 2.24) is 0 Å². The van der Waals surface area contributed by atoms with Gasteiger partial charge in [0.05, 0.1) is 26.5 Å². The first kappa shape index (κ1) is 20.3. The van der Waals surface area contributed by atoms with Crippen molar-refractivity contribution in [1.29, 1.82) is 0 Å². The van der Waals surface area contributed by atoms with Crippen molar-refractivity contribution in [2.45, 2.75) is 23.1 Å². The van der Waals surface area contributed by atoms with E-state index in [1.807, 2.05) is 42.5 Å². The normalized spacial score (nSPS) is 16.0. The molecule has 0 saturated heterocycles. The second kappa shape index (κ2) is 8.79. The topological polar surface area (TPSA) is 38.8 Å². The summed E-state index contributed by atoms with van der Waals surface area (Å²) >= 11 is 1.67. The fraction of sp³-hybridized carbons (Fsp3) is 0.208. The lowest BCUT2D eigenvalue weighted by Crippen LogP contribution is -2.30. The first-order valence-corrected chi connectivity index (χ1v) is 10.5. The summed E-state index contributed by atoms with van der Waals surface area (Å²) in [7, 11) is 3.21. The van der Waals surface area contributed by atoms with E-state index in [4.69, 9.17) is 9.47 Å². The maximum atomic E-state index is 13.3. The van der Waals surface area contributed by atoms with Crippen LogP contribution in [-0.4, -0.2) is 20.1 Å². The summed E-state index contributed by atoms with van der Waals surface area (Å²) in [6.07, 6.45) is 0.343. The summed E-state index contributed by atoms with van der Waals surface area (Å²) in [4.78, 5) is 16.1. The Labute approximate surface area is 179 Å². The number of fused-ring (bicyclic) bond motifs is 1. The fourth-order valence-corrected chi connectivity index (χ4v) is 4.83. The van der Waals surface area contributed by atoms with Crippen LogP contribution >= 0.6 is 11.8 Å². The van der Waals surface area contributed by atoms with Crippen molar-refractivity contribution in [2.75, 3.05) is 19.1 Å². The quantitative estimate of drug-likeness (QED) is 0.534. The van der Waals surface area contributed by atoms with E-state index in [0.29, 0.717) is 24.5 Å². The van der Waals surface area contributed by atoms with Crippen molar-refractivity contribution in [2.24, 2.45) is 0 Å². The van der Waals surface area contributed by atoms with Gasteiger partial charge in [0.1, 0.15) is 5.82 Å². The number of para-hydroxylation sites is 1. The van der Waals surface area contributed by atoms with Crippen LogP contribution in [0, 0.1) is 5.82 Å². The Hall–Kier alpha value is -2.99. The Morgan fingerprint density at radius 1 is 1.00 bits per heavy atom. The predicted molar refractivity (Wildman–Crippen MR) is 117 cm³/mol.